The Bertz CT molecular complexity index is 747. The Balaban J connectivity index is 2.49. The van der Waals surface area contributed by atoms with Gasteiger partial charge in [0.25, 0.3) is 5.56 Å². The highest BCUT2D eigenvalue weighted by molar-refractivity contribution is 7.90. The molecular formula is C12H14N2O3S. The highest BCUT2D eigenvalue weighted by Crippen LogP contribution is 2.16. The highest BCUT2D eigenvalue weighted by atomic mass is 32.2. The summed E-state index contributed by atoms with van der Waals surface area (Å²) in [6, 6.07) is 6.85. The van der Waals surface area contributed by atoms with Crippen molar-refractivity contribution < 1.29 is 8.42 Å². The number of nitrogens with zero attached hydrogens (tertiary/aromatic N) is 1. The fraction of sp³-hybridized carbons (Fsp3) is 0.250. The molecule has 1 aromatic carbocycles. The molecule has 0 amide bonds. The van der Waals surface area contributed by atoms with Gasteiger partial charge in [0.05, 0.1) is 5.75 Å². The van der Waals surface area contributed by atoms with E-state index in [0.717, 1.165) is 6.26 Å². The summed E-state index contributed by atoms with van der Waals surface area (Å²) in [4.78, 5) is 12.1. The van der Waals surface area contributed by atoms with E-state index in [-0.39, 0.29) is 17.9 Å². The van der Waals surface area contributed by atoms with Gasteiger partial charge < -0.3 is 10.3 Å². The van der Waals surface area contributed by atoms with Gasteiger partial charge in [0.1, 0.15) is 9.84 Å². The highest BCUT2D eigenvalue weighted by Gasteiger charge is 2.07. The van der Waals surface area contributed by atoms with Gasteiger partial charge in [0, 0.05) is 35.5 Å². The van der Waals surface area contributed by atoms with Crippen molar-refractivity contribution in [2.24, 2.45) is 0 Å². The van der Waals surface area contributed by atoms with E-state index >= 15 is 0 Å². The van der Waals surface area contributed by atoms with E-state index in [1.54, 1.807) is 30.5 Å². The molecule has 1 aromatic heterocycles. The Morgan fingerprint density at radius 3 is 2.61 bits per heavy atom. The van der Waals surface area contributed by atoms with Crippen LogP contribution in [0.25, 0.3) is 10.8 Å². The van der Waals surface area contributed by atoms with Crippen molar-refractivity contribution in [2.75, 3.05) is 17.7 Å². The van der Waals surface area contributed by atoms with E-state index < -0.39 is 9.84 Å². The van der Waals surface area contributed by atoms with Crippen LogP contribution < -0.4 is 11.3 Å². The maximum Gasteiger partial charge on any atom is 0.258 e. The van der Waals surface area contributed by atoms with Gasteiger partial charge in [-0.2, -0.15) is 0 Å². The number of fused-ring (bicyclic) bond motifs is 1. The van der Waals surface area contributed by atoms with Crippen LogP contribution in [-0.2, 0) is 16.4 Å². The second-order valence-corrected chi connectivity index (χ2v) is 6.51. The van der Waals surface area contributed by atoms with Gasteiger partial charge in [-0.15, -0.1) is 0 Å². The van der Waals surface area contributed by atoms with Crippen LogP contribution in [0.1, 0.15) is 0 Å². The lowest BCUT2D eigenvalue weighted by atomic mass is 10.1. The first-order chi connectivity index (χ1) is 8.38. The van der Waals surface area contributed by atoms with Crippen LogP contribution in [0.5, 0.6) is 0 Å². The molecule has 0 saturated heterocycles. The monoisotopic (exact) mass is 266 g/mol. The van der Waals surface area contributed by atoms with Crippen molar-refractivity contribution in [1.82, 2.24) is 4.57 Å². The topological polar surface area (TPSA) is 82.2 Å². The normalized spacial score (nSPS) is 11.8. The molecule has 2 aromatic rings. The molecule has 0 radical (unpaired) electrons. The molecule has 0 aliphatic heterocycles. The molecule has 0 unspecified atom stereocenters. The molecule has 0 bridgehead atoms. The lowest BCUT2D eigenvalue weighted by molar-refractivity contribution is 0.593. The van der Waals surface area contributed by atoms with Crippen molar-refractivity contribution in [3.05, 3.63) is 40.8 Å². The lowest BCUT2D eigenvalue weighted by Crippen LogP contribution is -2.23. The lowest BCUT2D eigenvalue weighted by Gasteiger charge is -2.07. The van der Waals surface area contributed by atoms with Crippen molar-refractivity contribution in [3.8, 4) is 0 Å². The smallest absolute Gasteiger partial charge is 0.258 e. The van der Waals surface area contributed by atoms with E-state index in [9.17, 15) is 13.2 Å². The second-order valence-electron chi connectivity index (χ2n) is 4.25. The van der Waals surface area contributed by atoms with Gasteiger partial charge in [0.2, 0.25) is 0 Å². The van der Waals surface area contributed by atoms with Gasteiger partial charge in [-0.3, -0.25) is 4.79 Å². The largest absolute Gasteiger partial charge is 0.398 e. The van der Waals surface area contributed by atoms with Gasteiger partial charge in [-0.25, -0.2) is 8.42 Å². The Morgan fingerprint density at radius 1 is 1.22 bits per heavy atom. The minimum Gasteiger partial charge on any atom is -0.398 e. The molecule has 5 nitrogen and oxygen atoms in total. The number of pyridine rings is 1. The fourth-order valence-corrected chi connectivity index (χ4v) is 2.31. The number of aryl methyl sites for hydroxylation is 1. The summed E-state index contributed by atoms with van der Waals surface area (Å²) in [7, 11) is -3.08. The molecule has 18 heavy (non-hydrogen) atoms. The molecule has 0 saturated carbocycles. The molecule has 0 atom stereocenters. The first-order valence-corrected chi connectivity index (χ1v) is 7.50. The third-order valence-electron chi connectivity index (χ3n) is 2.76. The third-order valence-corrected chi connectivity index (χ3v) is 3.68. The number of hydrogen-bond donors (Lipinski definition) is 1. The minimum absolute atomic E-state index is 0.0548. The zero-order valence-corrected chi connectivity index (χ0v) is 10.8. The maximum atomic E-state index is 12.1. The molecule has 0 spiro atoms. The van der Waals surface area contributed by atoms with E-state index in [1.165, 1.54) is 4.57 Å². The van der Waals surface area contributed by atoms with Gasteiger partial charge in [0.15, 0.2) is 0 Å². The summed E-state index contributed by atoms with van der Waals surface area (Å²) in [5.74, 6) is -0.0548. The van der Waals surface area contributed by atoms with E-state index in [4.69, 9.17) is 5.73 Å². The van der Waals surface area contributed by atoms with Crippen LogP contribution in [0.15, 0.2) is 35.3 Å². The summed E-state index contributed by atoms with van der Waals surface area (Å²) < 4.78 is 23.6. The van der Waals surface area contributed by atoms with Crippen molar-refractivity contribution in [1.29, 1.82) is 0 Å². The van der Waals surface area contributed by atoms with E-state index in [0.29, 0.717) is 16.5 Å². The first-order valence-electron chi connectivity index (χ1n) is 5.44. The average Bonchev–Trinajstić information content (AvgIpc) is 2.28. The molecule has 0 fully saturated rings. The molecule has 2 N–H and O–H groups in total. The molecule has 0 aliphatic rings. The van der Waals surface area contributed by atoms with Crippen LogP contribution in [0, 0.1) is 0 Å². The average molecular weight is 266 g/mol. The molecule has 0 aliphatic carbocycles. The number of nitrogen functional groups attached to an aromatic ring is 1. The second kappa shape index (κ2) is 4.45. The Hall–Kier alpha value is -1.82. The zero-order valence-electron chi connectivity index (χ0n) is 9.96. The number of benzene rings is 1. The number of anilines is 1. The Morgan fingerprint density at radius 2 is 1.94 bits per heavy atom. The third kappa shape index (κ3) is 2.53. The molecular weight excluding hydrogens is 252 g/mol. The van der Waals surface area contributed by atoms with Gasteiger partial charge in [-0.1, -0.05) is 6.07 Å². The van der Waals surface area contributed by atoms with Crippen LogP contribution in [-0.4, -0.2) is 25.0 Å². The SMILES string of the molecule is CS(=O)(=O)CCn1ccc2c(N)cccc2c1=O. The number of aromatic nitrogens is 1. The quantitative estimate of drug-likeness (QED) is 0.826. The van der Waals surface area contributed by atoms with Crippen molar-refractivity contribution in [2.45, 2.75) is 6.54 Å². The fourth-order valence-electron chi connectivity index (χ4n) is 1.78. The molecule has 1 heterocycles. The molecule has 2 rings (SSSR count). The summed E-state index contributed by atoms with van der Waals surface area (Å²) in [5, 5.41) is 1.20. The van der Waals surface area contributed by atoms with Crippen LogP contribution in [0.2, 0.25) is 0 Å². The number of rotatable bonds is 3. The van der Waals surface area contributed by atoms with Crippen molar-refractivity contribution >= 4 is 26.3 Å². The first kappa shape index (κ1) is 12.6. The van der Waals surface area contributed by atoms with Gasteiger partial charge in [-0.05, 0) is 18.2 Å². The number of hydrogen-bond acceptors (Lipinski definition) is 4. The summed E-state index contributed by atoms with van der Waals surface area (Å²) in [5.41, 5.74) is 6.10. The van der Waals surface area contributed by atoms with Crippen LogP contribution >= 0.6 is 0 Å². The standard InChI is InChI=1S/C12H14N2O3S/c1-18(16,17)8-7-14-6-5-9-10(12(14)15)3-2-4-11(9)13/h2-6H,7-8,13H2,1H3. The zero-order chi connectivity index (χ0) is 13.3. The molecule has 96 valence electrons. The Labute approximate surface area is 105 Å². The van der Waals surface area contributed by atoms with E-state index in [2.05, 4.69) is 0 Å². The predicted molar refractivity (Wildman–Crippen MR) is 72.3 cm³/mol. The predicted octanol–water partition coefficient (Wildman–Crippen LogP) is 0.628. The number of sulfone groups is 1. The maximum absolute atomic E-state index is 12.1. The minimum atomic E-state index is -3.08. The van der Waals surface area contributed by atoms with Crippen LogP contribution in [0.4, 0.5) is 5.69 Å². The summed E-state index contributed by atoms with van der Waals surface area (Å²) in [6.07, 6.45) is 2.73. The summed E-state index contributed by atoms with van der Waals surface area (Å²) >= 11 is 0. The van der Waals surface area contributed by atoms with E-state index in [1.807, 2.05) is 0 Å². The number of nitrogens with two attached hydrogens (primary N) is 1. The van der Waals surface area contributed by atoms with Crippen LogP contribution in [0.3, 0.4) is 0 Å². The van der Waals surface area contributed by atoms with Gasteiger partial charge >= 0.3 is 0 Å². The summed E-state index contributed by atoms with van der Waals surface area (Å²) in [6.45, 7) is 0.155. The molecule has 6 heteroatoms. The van der Waals surface area contributed by atoms with Crippen molar-refractivity contribution in [3.63, 3.8) is 0 Å². The Kier molecular flexibility index (Phi) is 3.13.